The zero-order valence-corrected chi connectivity index (χ0v) is 29.0. The maximum Gasteiger partial charge on any atom is 0.164 e. The smallest absolute Gasteiger partial charge is 0.164 e. The summed E-state index contributed by atoms with van der Waals surface area (Å²) >= 11 is 0. The molecule has 0 fully saturated rings. The van der Waals surface area contributed by atoms with Gasteiger partial charge in [0.15, 0.2) is 23.3 Å². The zero-order valence-electron chi connectivity index (χ0n) is 29.0. The fourth-order valence-corrected chi connectivity index (χ4v) is 6.72. The second-order valence-electron chi connectivity index (χ2n) is 12.9. The Labute approximate surface area is 312 Å². The van der Waals surface area contributed by atoms with Gasteiger partial charge in [-0.1, -0.05) is 152 Å². The third kappa shape index (κ3) is 6.38. The summed E-state index contributed by atoms with van der Waals surface area (Å²) in [5, 5.41) is 10.5. The SMILES string of the molecule is N#Cc1cccc(-c2cccc(-c3nc(-c4ccccc4)nc(-c4cccc(-c5ccccc5-c5nc(-c6ccccc6)nc6ccccc56)c4)n3)c2)c1. The summed E-state index contributed by atoms with van der Waals surface area (Å²) in [4.78, 5) is 25.2. The lowest BCUT2D eigenvalue weighted by atomic mass is 9.94. The maximum atomic E-state index is 9.50. The highest BCUT2D eigenvalue weighted by Crippen LogP contribution is 2.37. The summed E-state index contributed by atoms with van der Waals surface area (Å²) in [6.45, 7) is 0. The van der Waals surface area contributed by atoms with Crippen LogP contribution in [0.4, 0.5) is 0 Å². The van der Waals surface area contributed by atoms with Crippen LogP contribution in [0.3, 0.4) is 0 Å². The molecule has 9 aromatic rings. The van der Waals surface area contributed by atoms with E-state index >= 15 is 0 Å². The fourth-order valence-electron chi connectivity index (χ4n) is 6.72. The van der Waals surface area contributed by atoms with Gasteiger partial charge in [0.05, 0.1) is 22.8 Å². The van der Waals surface area contributed by atoms with Gasteiger partial charge in [-0.15, -0.1) is 0 Å². The molecular weight excluding hydrogens is 661 g/mol. The van der Waals surface area contributed by atoms with Crippen LogP contribution in [0.25, 0.3) is 90.0 Å². The quantitative estimate of drug-likeness (QED) is 0.165. The second-order valence-corrected chi connectivity index (χ2v) is 12.9. The Morgan fingerprint density at radius 2 is 0.796 bits per heavy atom. The molecular formula is C48H30N6. The molecule has 0 unspecified atom stereocenters. The topological polar surface area (TPSA) is 88.2 Å². The monoisotopic (exact) mass is 690 g/mol. The molecule has 252 valence electrons. The predicted octanol–water partition coefficient (Wildman–Crippen LogP) is 11.4. The predicted molar refractivity (Wildman–Crippen MR) is 216 cm³/mol. The van der Waals surface area contributed by atoms with Gasteiger partial charge in [0.25, 0.3) is 0 Å². The molecule has 0 spiro atoms. The number of hydrogen-bond donors (Lipinski definition) is 0. The molecule has 54 heavy (non-hydrogen) atoms. The lowest BCUT2D eigenvalue weighted by molar-refractivity contribution is 1.07. The normalized spacial score (nSPS) is 10.9. The third-order valence-electron chi connectivity index (χ3n) is 9.36. The standard InChI is InChI=1S/C48H30N6/c49-31-32-14-11-19-35(28-32)36-20-12-22-38(29-36)47-52-46(34-17-5-2-6-18-34)53-48(54-47)39-23-13-21-37(30-39)40-24-7-8-25-41(40)44-42-26-9-10-27-43(42)50-45(51-44)33-15-3-1-4-16-33/h1-30H. The molecule has 7 aromatic carbocycles. The fraction of sp³-hybridized carbons (Fsp3) is 0. The van der Waals surface area contributed by atoms with Gasteiger partial charge in [0.1, 0.15) is 0 Å². The molecule has 0 amide bonds. The van der Waals surface area contributed by atoms with Gasteiger partial charge >= 0.3 is 0 Å². The van der Waals surface area contributed by atoms with Crippen molar-refractivity contribution in [3.05, 3.63) is 188 Å². The van der Waals surface area contributed by atoms with Crippen LogP contribution in [-0.2, 0) is 0 Å². The minimum Gasteiger partial charge on any atom is -0.228 e. The number of hydrogen-bond acceptors (Lipinski definition) is 6. The Morgan fingerprint density at radius 3 is 1.46 bits per heavy atom. The Morgan fingerprint density at radius 1 is 0.333 bits per heavy atom. The molecule has 0 aliphatic heterocycles. The Hall–Kier alpha value is -7.62. The zero-order chi connectivity index (χ0) is 36.3. The number of benzene rings is 7. The van der Waals surface area contributed by atoms with E-state index < -0.39 is 0 Å². The minimum absolute atomic E-state index is 0.559. The first-order chi connectivity index (χ1) is 26.7. The number of para-hydroxylation sites is 1. The van der Waals surface area contributed by atoms with E-state index in [-0.39, 0.29) is 0 Å². The summed E-state index contributed by atoms with van der Waals surface area (Å²) < 4.78 is 0. The number of aromatic nitrogens is 5. The van der Waals surface area contributed by atoms with Crippen LogP contribution >= 0.6 is 0 Å². The summed E-state index contributed by atoms with van der Waals surface area (Å²) in [6.07, 6.45) is 0. The van der Waals surface area contributed by atoms with Crippen molar-refractivity contribution in [1.29, 1.82) is 5.26 Å². The number of nitriles is 1. The molecule has 0 aliphatic rings. The molecule has 0 saturated heterocycles. The number of rotatable bonds is 7. The minimum atomic E-state index is 0.559. The van der Waals surface area contributed by atoms with Gasteiger partial charge in [-0.05, 0) is 52.6 Å². The summed E-state index contributed by atoms with van der Waals surface area (Å²) in [5.74, 6) is 2.39. The van der Waals surface area contributed by atoms with E-state index in [4.69, 9.17) is 24.9 Å². The van der Waals surface area contributed by atoms with Crippen molar-refractivity contribution in [2.24, 2.45) is 0 Å². The average molecular weight is 691 g/mol. The van der Waals surface area contributed by atoms with Crippen LogP contribution in [0.15, 0.2) is 182 Å². The molecule has 0 radical (unpaired) electrons. The average Bonchev–Trinajstić information content (AvgIpc) is 3.26. The van der Waals surface area contributed by atoms with Crippen LogP contribution in [0, 0.1) is 11.3 Å². The molecule has 0 saturated carbocycles. The van der Waals surface area contributed by atoms with Crippen LogP contribution in [0.1, 0.15) is 5.56 Å². The van der Waals surface area contributed by atoms with E-state index in [2.05, 4.69) is 54.6 Å². The van der Waals surface area contributed by atoms with Crippen LogP contribution < -0.4 is 0 Å². The van der Waals surface area contributed by atoms with E-state index in [9.17, 15) is 5.26 Å². The highest BCUT2D eigenvalue weighted by atomic mass is 15.0. The van der Waals surface area contributed by atoms with Gasteiger partial charge < -0.3 is 0 Å². The van der Waals surface area contributed by atoms with Gasteiger partial charge in [0.2, 0.25) is 0 Å². The van der Waals surface area contributed by atoms with E-state index in [0.29, 0.717) is 28.9 Å². The lowest BCUT2D eigenvalue weighted by Crippen LogP contribution is -2.00. The summed E-state index contributed by atoms with van der Waals surface area (Å²) in [5.41, 5.74) is 10.9. The van der Waals surface area contributed by atoms with E-state index in [1.807, 2.05) is 133 Å². The Bertz CT molecular complexity index is 2840. The number of fused-ring (bicyclic) bond motifs is 1. The van der Waals surface area contributed by atoms with Crippen LogP contribution in [0.2, 0.25) is 0 Å². The Balaban J connectivity index is 1.17. The molecule has 0 N–H and O–H groups in total. The first-order valence-corrected chi connectivity index (χ1v) is 17.6. The largest absolute Gasteiger partial charge is 0.228 e. The molecule has 9 rings (SSSR count). The highest BCUT2D eigenvalue weighted by molar-refractivity contribution is 5.98. The summed E-state index contributed by atoms with van der Waals surface area (Å²) in [7, 11) is 0. The highest BCUT2D eigenvalue weighted by Gasteiger charge is 2.17. The first kappa shape index (κ1) is 32.3. The lowest BCUT2D eigenvalue weighted by Gasteiger charge is -2.14. The van der Waals surface area contributed by atoms with Crippen molar-refractivity contribution in [3.8, 4) is 85.1 Å². The number of nitrogens with zero attached hydrogens (tertiary/aromatic N) is 6. The van der Waals surface area contributed by atoms with Crippen molar-refractivity contribution in [1.82, 2.24) is 24.9 Å². The third-order valence-corrected chi connectivity index (χ3v) is 9.36. The first-order valence-electron chi connectivity index (χ1n) is 17.6. The van der Waals surface area contributed by atoms with Crippen LogP contribution in [-0.4, -0.2) is 24.9 Å². The van der Waals surface area contributed by atoms with E-state index in [1.165, 1.54) is 0 Å². The van der Waals surface area contributed by atoms with Crippen molar-refractivity contribution >= 4 is 10.9 Å². The summed E-state index contributed by atoms with van der Waals surface area (Å²) in [6, 6.07) is 62.9. The molecule has 6 heteroatoms. The van der Waals surface area contributed by atoms with Gasteiger partial charge in [0, 0.05) is 33.2 Å². The van der Waals surface area contributed by atoms with E-state index in [1.54, 1.807) is 0 Å². The van der Waals surface area contributed by atoms with E-state index in [0.717, 1.165) is 66.7 Å². The second kappa shape index (κ2) is 14.2. The van der Waals surface area contributed by atoms with Crippen molar-refractivity contribution < 1.29 is 0 Å². The molecule has 0 atom stereocenters. The molecule has 6 nitrogen and oxygen atoms in total. The molecule has 0 aliphatic carbocycles. The Kier molecular flexibility index (Phi) is 8.48. The van der Waals surface area contributed by atoms with Gasteiger partial charge in [-0.25, -0.2) is 24.9 Å². The van der Waals surface area contributed by atoms with Gasteiger partial charge in [-0.3, -0.25) is 0 Å². The van der Waals surface area contributed by atoms with Crippen molar-refractivity contribution in [2.75, 3.05) is 0 Å². The molecule has 2 heterocycles. The molecule has 0 bridgehead atoms. The maximum absolute atomic E-state index is 9.50. The van der Waals surface area contributed by atoms with Gasteiger partial charge in [-0.2, -0.15) is 5.26 Å². The molecule has 2 aromatic heterocycles. The van der Waals surface area contributed by atoms with Crippen molar-refractivity contribution in [3.63, 3.8) is 0 Å². The van der Waals surface area contributed by atoms with Crippen molar-refractivity contribution in [2.45, 2.75) is 0 Å². The van der Waals surface area contributed by atoms with Crippen LogP contribution in [0.5, 0.6) is 0 Å².